The molecule has 28 heavy (non-hydrogen) atoms. The number of anilines is 2. The molecule has 0 aromatic heterocycles. The van der Waals surface area contributed by atoms with Crippen LogP contribution in [-0.4, -0.2) is 19.6 Å². The van der Waals surface area contributed by atoms with E-state index in [0.29, 0.717) is 22.3 Å². The van der Waals surface area contributed by atoms with Gasteiger partial charge >= 0.3 is 0 Å². The zero-order chi connectivity index (χ0) is 19.7. The molecule has 3 nitrogen and oxygen atoms in total. The first-order chi connectivity index (χ1) is 13.5. The molecule has 0 spiro atoms. The quantitative estimate of drug-likeness (QED) is 0.496. The van der Waals surface area contributed by atoms with Crippen molar-refractivity contribution < 1.29 is 4.79 Å². The number of fused-ring (bicyclic) bond motifs is 1. The second-order valence-corrected chi connectivity index (χ2v) is 7.55. The first kappa shape index (κ1) is 18.6. The maximum absolute atomic E-state index is 13.2. The molecule has 0 saturated heterocycles. The van der Waals surface area contributed by atoms with E-state index in [4.69, 9.17) is 23.2 Å². The summed E-state index contributed by atoms with van der Waals surface area (Å²) in [7, 11) is 1.95. The van der Waals surface area contributed by atoms with Gasteiger partial charge in [0.05, 0.1) is 12.4 Å². The molecule has 0 N–H and O–H groups in total. The number of nitrogens with zero attached hydrogens (tertiary/aromatic N) is 2. The SMILES string of the molecule is CN(CN1C(=O)/C(=C/c2ccc(Cl)cc2)c2ccccc21)c1cccc(Cl)c1. The topological polar surface area (TPSA) is 23.6 Å². The van der Waals surface area contributed by atoms with Crippen LogP contribution in [0.25, 0.3) is 11.6 Å². The Balaban J connectivity index is 1.68. The van der Waals surface area contributed by atoms with E-state index in [1.165, 1.54) is 0 Å². The maximum atomic E-state index is 13.2. The molecule has 3 aromatic carbocycles. The van der Waals surface area contributed by atoms with Crippen LogP contribution in [0, 0.1) is 0 Å². The molecule has 1 aliphatic heterocycles. The Labute approximate surface area is 174 Å². The number of amides is 1. The molecule has 0 unspecified atom stereocenters. The van der Waals surface area contributed by atoms with Crippen molar-refractivity contribution in [3.63, 3.8) is 0 Å². The van der Waals surface area contributed by atoms with Crippen molar-refractivity contribution in [2.24, 2.45) is 0 Å². The minimum absolute atomic E-state index is 0.0231. The van der Waals surface area contributed by atoms with Crippen LogP contribution in [0.1, 0.15) is 11.1 Å². The van der Waals surface area contributed by atoms with E-state index >= 15 is 0 Å². The number of hydrogen-bond donors (Lipinski definition) is 0. The lowest BCUT2D eigenvalue weighted by Crippen LogP contribution is -2.37. The molecule has 5 heteroatoms. The number of carbonyl (C=O) groups excluding carboxylic acids is 1. The minimum Gasteiger partial charge on any atom is -0.356 e. The Morgan fingerprint density at radius 3 is 2.43 bits per heavy atom. The molecule has 0 fully saturated rings. The third kappa shape index (κ3) is 3.64. The number of carbonyl (C=O) groups is 1. The van der Waals surface area contributed by atoms with E-state index in [0.717, 1.165) is 22.5 Å². The largest absolute Gasteiger partial charge is 0.356 e. The van der Waals surface area contributed by atoms with Crippen LogP contribution in [0.5, 0.6) is 0 Å². The molecular formula is C23H18Cl2N2O. The zero-order valence-corrected chi connectivity index (χ0v) is 16.8. The third-order valence-corrected chi connectivity index (χ3v) is 5.23. The summed E-state index contributed by atoms with van der Waals surface area (Å²) in [6.45, 7) is 0.425. The van der Waals surface area contributed by atoms with Crippen molar-refractivity contribution in [3.05, 3.63) is 94.0 Å². The first-order valence-electron chi connectivity index (χ1n) is 8.88. The van der Waals surface area contributed by atoms with E-state index in [2.05, 4.69) is 0 Å². The monoisotopic (exact) mass is 408 g/mol. The van der Waals surface area contributed by atoms with Gasteiger partial charge < -0.3 is 4.90 Å². The average Bonchev–Trinajstić information content (AvgIpc) is 2.95. The molecular weight excluding hydrogens is 391 g/mol. The second kappa shape index (κ2) is 7.70. The lowest BCUT2D eigenvalue weighted by atomic mass is 10.0. The van der Waals surface area contributed by atoms with Gasteiger partial charge in [-0.1, -0.05) is 59.6 Å². The van der Waals surface area contributed by atoms with Crippen LogP contribution >= 0.6 is 23.2 Å². The zero-order valence-electron chi connectivity index (χ0n) is 15.3. The number of halogens is 2. The highest BCUT2D eigenvalue weighted by atomic mass is 35.5. The standard InChI is InChI=1S/C23H18Cl2N2O/c1-26(19-6-4-5-18(25)14-19)15-27-22-8-3-2-7-20(22)21(23(27)28)13-16-9-11-17(24)12-10-16/h2-14H,15H2,1H3/b21-13+. The van der Waals surface area contributed by atoms with E-state index in [1.54, 1.807) is 4.90 Å². The van der Waals surface area contributed by atoms with Gasteiger partial charge in [-0.05, 0) is 48.0 Å². The van der Waals surface area contributed by atoms with Crippen molar-refractivity contribution in [3.8, 4) is 0 Å². The fraction of sp³-hybridized carbons (Fsp3) is 0.0870. The Morgan fingerprint density at radius 2 is 1.68 bits per heavy atom. The van der Waals surface area contributed by atoms with Crippen LogP contribution in [-0.2, 0) is 4.79 Å². The summed E-state index contributed by atoms with van der Waals surface area (Å²) in [5, 5.41) is 1.34. The highest BCUT2D eigenvalue weighted by molar-refractivity contribution is 6.36. The summed E-state index contributed by atoms with van der Waals surface area (Å²) >= 11 is 12.1. The van der Waals surface area contributed by atoms with Crippen molar-refractivity contribution in [2.75, 3.05) is 23.5 Å². The van der Waals surface area contributed by atoms with Crippen LogP contribution < -0.4 is 9.80 Å². The molecule has 1 amide bonds. The Hall–Kier alpha value is -2.75. The van der Waals surface area contributed by atoms with E-state index in [9.17, 15) is 4.79 Å². The number of hydrogen-bond acceptors (Lipinski definition) is 2. The molecule has 3 aromatic rings. The van der Waals surface area contributed by atoms with Gasteiger partial charge in [-0.2, -0.15) is 0 Å². The Kier molecular flexibility index (Phi) is 5.12. The van der Waals surface area contributed by atoms with Gasteiger partial charge in [0, 0.05) is 33.9 Å². The minimum atomic E-state index is -0.0231. The van der Waals surface area contributed by atoms with Gasteiger partial charge in [0.1, 0.15) is 0 Å². The molecule has 0 saturated carbocycles. The lowest BCUT2D eigenvalue weighted by molar-refractivity contribution is -0.112. The molecule has 0 radical (unpaired) electrons. The lowest BCUT2D eigenvalue weighted by Gasteiger charge is -2.26. The number of para-hydroxylation sites is 1. The fourth-order valence-corrected chi connectivity index (χ4v) is 3.63. The van der Waals surface area contributed by atoms with E-state index in [-0.39, 0.29) is 5.91 Å². The highest BCUT2D eigenvalue weighted by Gasteiger charge is 2.32. The van der Waals surface area contributed by atoms with Crippen LogP contribution in [0.2, 0.25) is 10.0 Å². The third-order valence-electron chi connectivity index (χ3n) is 4.74. The normalized spacial score (nSPS) is 14.5. The summed E-state index contributed by atoms with van der Waals surface area (Å²) in [6.07, 6.45) is 1.91. The van der Waals surface area contributed by atoms with Gasteiger partial charge in [0.25, 0.3) is 5.91 Å². The maximum Gasteiger partial charge on any atom is 0.260 e. The summed E-state index contributed by atoms with van der Waals surface area (Å²) in [5.41, 5.74) is 4.40. The van der Waals surface area contributed by atoms with Crippen molar-refractivity contribution >= 4 is 52.1 Å². The smallest absolute Gasteiger partial charge is 0.260 e. The summed E-state index contributed by atoms with van der Waals surface area (Å²) in [6, 6.07) is 22.9. The second-order valence-electron chi connectivity index (χ2n) is 6.68. The van der Waals surface area contributed by atoms with Crippen LogP contribution in [0.3, 0.4) is 0 Å². The van der Waals surface area contributed by atoms with Crippen molar-refractivity contribution in [1.29, 1.82) is 0 Å². The molecule has 140 valence electrons. The Bertz CT molecular complexity index is 1060. The van der Waals surface area contributed by atoms with Crippen molar-refractivity contribution in [1.82, 2.24) is 0 Å². The number of rotatable bonds is 4. The number of benzene rings is 3. The van der Waals surface area contributed by atoms with E-state index < -0.39 is 0 Å². The van der Waals surface area contributed by atoms with Gasteiger partial charge in [-0.25, -0.2) is 0 Å². The van der Waals surface area contributed by atoms with E-state index in [1.807, 2.05) is 90.8 Å². The van der Waals surface area contributed by atoms with Gasteiger partial charge in [-0.3, -0.25) is 9.69 Å². The first-order valence-corrected chi connectivity index (χ1v) is 9.64. The molecule has 1 heterocycles. The summed E-state index contributed by atoms with van der Waals surface area (Å²) in [5.74, 6) is -0.0231. The fourth-order valence-electron chi connectivity index (χ4n) is 3.32. The molecule has 0 aliphatic carbocycles. The van der Waals surface area contributed by atoms with Gasteiger partial charge in [-0.15, -0.1) is 0 Å². The summed E-state index contributed by atoms with van der Waals surface area (Å²) < 4.78 is 0. The molecule has 4 rings (SSSR count). The molecule has 0 bridgehead atoms. The van der Waals surface area contributed by atoms with Gasteiger partial charge in [0.15, 0.2) is 0 Å². The van der Waals surface area contributed by atoms with Crippen LogP contribution in [0.15, 0.2) is 72.8 Å². The predicted molar refractivity (Wildman–Crippen MR) is 118 cm³/mol. The molecule has 1 aliphatic rings. The van der Waals surface area contributed by atoms with Gasteiger partial charge in [0.2, 0.25) is 0 Å². The average molecular weight is 409 g/mol. The molecule has 0 atom stereocenters. The Morgan fingerprint density at radius 1 is 0.929 bits per heavy atom. The van der Waals surface area contributed by atoms with Crippen molar-refractivity contribution in [2.45, 2.75) is 0 Å². The van der Waals surface area contributed by atoms with Crippen LogP contribution in [0.4, 0.5) is 11.4 Å². The highest BCUT2D eigenvalue weighted by Crippen LogP contribution is 2.38. The summed E-state index contributed by atoms with van der Waals surface area (Å²) in [4.78, 5) is 17.0. The predicted octanol–water partition coefficient (Wildman–Crippen LogP) is 5.97.